The number of carbonyl (C=O) groups is 1. The largest absolute Gasteiger partial charge is 0.396 e. The summed E-state index contributed by atoms with van der Waals surface area (Å²) < 4.78 is 1.42. The number of H-pyrrole nitrogens is 1. The Hall–Kier alpha value is -2.15. The highest BCUT2D eigenvalue weighted by molar-refractivity contribution is 5.80. The first-order chi connectivity index (χ1) is 11.3. The summed E-state index contributed by atoms with van der Waals surface area (Å²) in [5, 5.41) is 15.6. The molecule has 1 amide bonds. The van der Waals surface area contributed by atoms with Gasteiger partial charge in [-0.1, -0.05) is 6.92 Å². The van der Waals surface area contributed by atoms with Gasteiger partial charge in [-0.25, -0.2) is 4.98 Å². The van der Waals surface area contributed by atoms with E-state index in [2.05, 4.69) is 15.4 Å². The summed E-state index contributed by atoms with van der Waals surface area (Å²) in [7, 11) is 1.66. The van der Waals surface area contributed by atoms with Gasteiger partial charge in [0.2, 0.25) is 5.91 Å². The van der Waals surface area contributed by atoms with Crippen molar-refractivity contribution in [3.8, 4) is 0 Å². The Bertz CT molecular complexity index is 806. The van der Waals surface area contributed by atoms with Crippen LogP contribution in [0.1, 0.15) is 37.1 Å². The molecule has 0 aliphatic heterocycles. The molecule has 7 heteroatoms. The lowest BCUT2D eigenvalue weighted by Crippen LogP contribution is -2.38. The van der Waals surface area contributed by atoms with Gasteiger partial charge in [-0.3, -0.25) is 19.4 Å². The van der Waals surface area contributed by atoms with Gasteiger partial charge in [0.25, 0.3) is 5.56 Å². The number of carbonyl (C=O) groups excluding carboxylic acids is 1. The summed E-state index contributed by atoms with van der Waals surface area (Å²) in [5.41, 5.74) is 3.12. The molecule has 132 valence electrons. The smallest absolute Gasteiger partial charge is 0.276 e. The van der Waals surface area contributed by atoms with E-state index in [-0.39, 0.29) is 30.0 Å². The van der Waals surface area contributed by atoms with Gasteiger partial charge in [0.05, 0.1) is 5.39 Å². The van der Waals surface area contributed by atoms with Crippen molar-refractivity contribution in [3.05, 3.63) is 27.2 Å². The van der Waals surface area contributed by atoms with E-state index in [1.54, 1.807) is 7.05 Å². The molecule has 0 fully saturated rings. The Balaban J connectivity index is 2.17. The SMILES string of the molecule is Cc1nc2[nH]n(C)c(=O)c2c(C)c1CCC(=O)NC(C)C(C)CO. The van der Waals surface area contributed by atoms with Gasteiger partial charge >= 0.3 is 0 Å². The Labute approximate surface area is 141 Å². The molecule has 0 bridgehead atoms. The lowest BCUT2D eigenvalue weighted by molar-refractivity contribution is -0.122. The van der Waals surface area contributed by atoms with Crippen LogP contribution in [-0.2, 0) is 18.3 Å². The fourth-order valence-electron chi connectivity index (χ4n) is 2.84. The van der Waals surface area contributed by atoms with Crippen LogP contribution in [0.5, 0.6) is 0 Å². The number of aryl methyl sites for hydroxylation is 3. The second kappa shape index (κ2) is 7.17. The van der Waals surface area contributed by atoms with Crippen LogP contribution in [-0.4, -0.2) is 38.4 Å². The quantitative estimate of drug-likeness (QED) is 0.732. The van der Waals surface area contributed by atoms with Crippen molar-refractivity contribution in [3.63, 3.8) is 0 Å². The highest BCUT2D eigenvalue weighted by atomic mass is 16.3. The molecule has 2 rings (SSSR count). The Morgan fingerprint density at radius 3 is 2.67 bits per heavy atom. The molecule has 0 aliphatic rings. The molecular formula is C17H26N4O3. The number of amides is 1. The second-order valence-corrected chi connectivity index (χ2v) is 6.52. The van der Waals surface area contributed by atoms with E-state index >= 15 is 0 Å². The summed E-state index contributed by atoms with van der Waals surface area (Å²) in [6.45, 7) is 7.60. The fraction of sp³-hybridized carbons (Fsp3) is 0.588. The molecule has 0 saturated carbocycles. The predicted molar refractivity (Wildman–Crippen MR) is 93.0 cm³/mol. The van der Waals surface area contributed by atoms with Crippen LogP contribution in [0, 0.1) is 19.8 Å². The second-order valence-electron chi connectivity index (χ2n) is 6.52. The highest BCUT2D eigenvalue weighted by Crippen LogP contribution is 2.20. The summed E-state index contributed by atoms with van der Waals surface area (Å²) >= 11 is 0. The molecule has 2 atom stereocenters. The van der Waals surface area contributed by atoms with E-state index in [4.69, 9.17) is 5.11 Å². The number of nitrogens with one attached hydrogen (secondary N) is 2. The molecule has 0 radical (unpaired) electrons. The lowest BCUT2D eigenvalue weighted by atomic mass is 9.99. The molecule has 2 unspecified atom stereocenters. The van der Waals surface area contributed by atoms with Gasteiger partial charge in [0.15, 0.2) is 5.65 Å². The molecule has 7 nitrogen and oxygen atoms in total. The fourth-order valence-corrected chi connectivity index (χ4v) is 2.84. The molecule has 24 heavy (non-hydrogen) atoms. The van der Waals surface area contributed by atoms with Crippen molar-refractivity contribution in [2.75, 3.05) is 6.61 Å². The van der Waals surface area contributed by atoms with Gasteiger partial charge in [-0.2, -0.15) is 0 Å². The molecule has 3 N–H and O–H groups in total. The number of fused-ring (bicyclic) bond motifs is 1. The predicted octanol–water partition coefficient (Wildman–Crippen LogP) is 0.944. The first kappa shape index (κ1) is 18.2. The molecule has 0 aliphatic carbocycles. The van der Waals surface area contributed by atoms with Gasteiger partial charge in [0, 0.05) is 31.8 Å². The molecule has 2 aromatic rings. The number of aromatic nitrogens is 3. The Morgan fingerprint density at radius 2 is 2.04 bits per heavy atom. The number of pyridine rings is 1. The average molecular weight is 334 g/mol. The number of aliphatic hydroxyl groups excluding tert-OH is 1. The van der Waals surface area contributed by atoms with Crippen molar-refractivity contribution in [1.82, 2.24) is 20.1 Å². The summed E-state index contributed by atoms with van der Waals surface area (Å²) in [4.78, 5) is 28.8. The Kier molecular flexibility index (Phi) is 5.43. The van der Waals surface area contributed by atoms with Crippen LogP contribution < -0.4 is 10.9 Å². The van der Waals surface area contributed by atoms with Gasteiger partial charge in [-0.15, -0.1) is 0 Å². The minimum Gasteiger partial charge on any atom is -0.396 e. The zero-order valence-electron chi connectivity index (χ0n) is 14.9. The van der Waals surface area contributed by atoms with Crippen molar-refractivity contribution >= 4 is 16.9 Å². The maximum Gasteiger partial charge on any atom is 0.276 e. The van der Waals surface area contributed by atoms with Crippen LogP contribution in [0.2, 0.25) is 0 Å². The minimum absolute atomic E-state index is 0.0123. The first-order valence-corrected chi connectivity index (χ1v) is 8.21. The van der Waals surface area contributed by atoms with Crippen molar-refractivity contribution in [2.45, 2.75) is 46.6 Å². The zero-order chi connectivity index (χ0) is 18.0. The topological polar surface area (TPSA) is 100 Å². The van der Waals surface area contributed by atoms with E-state index in [0.29, 0.717) is 23.9 Å². The number of aliphatic hydroxyl groups is 1. The van der Waals surface area contributed by atoms with Gasteiger partial charge < -0.3 is 10.4 Å². The van der Waals surface area contributed by atoms with Crippen LogP contribution in [0.4, 0.5) is 0 Å². The summed E-state index contributed by atoms with van der Waals surface area (Å²) in [5.74, 6) is -0.0537. The van der Waals surface area contributed by atoms with E-state index in [0.717, 1.165) is 16.8 Å². The molecule has 0 spiro atoms. The maximum atomic E-state index is 12.2. The third-order valence-electron chi connectivity index (χ3n) is 4.71. The Morgan fingerprint density at radius 1 is 1.38 bits per heavy atom. The number of aromatic amines is 1. The molecule has 2 aromatic heterocycles. The van der Waals surface area contributed by atoms with Gasteiger partial charge in [0.1, 0.15) is 0 Å². The number of rotatable bonds is 6. The zero-order valence-corrected chi connectivity index (χ0v) is 14.9. The highest BCUT2D eigenvalue weighted by Gasteiger charge is 2.17. The van der Waals surface area contributed by atoms with Crippen molar-refractivity contribution in [2.24, 2.45) is 13.0 Å². The first-order valence-electron chi connectivity index (χ1n) is 8.21. The molecule has 2 heterocycles. The van der Waals surface area contributed by atoms with Crippen LogP contribution in [0.3, 0.4) is 0 Å². The van der Waals surface area contributed by atoms with Crippen LogP contribution in [0.25, 0.3) is 11.0 Å². The normalized spacial score (nSPS) is 13.9. The van der Waals surface area contributed by atoms with E-state index < -0.39 is 0 Å². The van der Waals surface area contributed by atoms with Gasteiger partial charge in [-0.05, 0) is 44.2 Å². The van der Waals surface area contributed by atoms with Crippen molar-refractivity contribution < 1.29 is 9.90 Å². The van der Waals surface area contributed by atoms with Crippen LogP contribution in [0.15, 0.2) is 4.79 Å². The lowest BCUT2D eigenvalue weighted by Gasteiger charge is -2.19. The standard InChI is InChI=1S/C17H26N4O3/c1-9(8-22)11(3)18-14(23)7-6-13-10(2)15-16(19-12(13)4)20-21(5)17(15)24/h9,11,22H,6-8H2,1-5H3,(H,18,23)(H,19,20). The monoisotopic (exact) mass is 334 g/mol. The third-order valence-corrected chi connectivity index (χ3v) is 4.71. The third kappa shape index (κ3) is 3.51. The number of nitrogens with zero attached hydrogens (tertiary/aromatic N) is 2. The minimum atomic E-state index is -0.105. The molecule has 0 aromatic carbocycles. The summed E-state index contributed by atoms with van der Waals surface area (Å²) in [6, 6.07) is -0.0812. The van der Waals surface area contributed by atoms with Crippen molar-refractivity contribution in [1.29, 1.82) is 0 Å². The van der Waals surface area contributed by atoms with E-state index in [1.807, 2.05) is 27.7 Å². The average Bonchev–Trinajstić information content (AvgIpc) is 2.80. The maximum absolute atomic E-state index is 12.2. The number of hydrogen-bond acceptors (Lipinski definition) is 4. The number of hydrogen-bond donors (Lipinski definition) is 3. The van der Waals surface area contributed by atoms with E-state index in [1.165, 1.54) is 4.68 Å². The molecule has 0 saturated heterocycles. The van der Waals surface area contributed by atoms with Crippen LogP contribution >= 0.6 is 0 Å². The summed E-state index contributed by atoms with van der Waals surface area (Å²) in [6.07, 6.45) is 0.850. The molecular weight excluding hydrogens is 308 g/mol. The van der Waals surface area contributed by atoms with E-state index in [9.17, 15) is 9.59 Å².